The summed E-state index contributed by atoms with van der Waals surface area (Å²) in [6, 6.07) is 0. The molecule has 0 unspecified atom stereocenters. The second-order valence-electron chi connectivity index (χ2n) is 2.01. The molecule has 0 aromatic heterocycles. The van der Waals surface area contributed by atoms with E-state index in [1.54, 1.807) is 0 Å². The molecule has 0 N–H and O–H groups in total. The Labute approximate surface area is 70.9 Å². The first-order chi connectivity index (χ1) is 4.41. The summed E-state index contributed by atoms with van der Waals surface area (Å²) >= 11 is 5.44. The van der Waals surface area contributed by atoms with Gasteiger partial charge in [-0.05, 0) is 12.2 Å². The smallest absolute Gasteiger partial charge is 0.0122 e. The number of thioether (sulfide) groups is 1. The van der Waals surface area contributed by atoms with Crippen molar-refractivity contribution in [3.05, 3.63) is 0 Å². The van der Waals surface area contributed by atoms with Crippen molar-refractivity contribution in [1.82, 2.24) is 0 Å². The van der Waals surface area contributed by atoms with Crippen molar-refractivity contribution in [2.45, 2.75) is 26.2 Å². The predicted octanol–water partition coefficient (Wildman–Crippen LogP) is 3.30. The number of halogens is 1. The fourth-order valence-corrected chi connectivity index (χ4v) is 2.02. The monoisotopic (exact) mass is 210 g/mol. The highest BCUT2D eigenvalue weighted by Crippen LogP contribution is 2.06. The van der Waals surface area contributed by atoms with Crippen LogP contribution in [0.3, 0.4) is 0 Å². The molecular formula is C7H15BrS. The topological polar surface area (TPSA) is 0 Å². The maximum atomic E-state index is 3.40. The molecule has 2 heteroatoms. The average Bonchev–Trinajstić information content (AvgIpc) is 1.89. The summed E-state index contributed by atoms with van der Waals surface area (Å²) in [6.45, 7) is 2.25. The third-order valence-corrected chi connectivity index (χ3v) is 3.11. The SMILES string of the molecule is CCCCCSCCBr. The number of hydrogen-bond acceptors (Lipinski definition) is 1. The number of unbranched alkanes of at least 4 members (excludes halogenated alkanes) is 2. The molecule has 0 aliphatic heterocycles. The van der Waals surface area contributed by atoms with Crippen molar-refractivity contribution in [3.8, 4) is 0 Å². The zero-order valence-electron chi connectivity index (χ0n) is 6.03. The largest absolute Gasteiger partial charge is 0.161 e. The molecule has 0 saturated carbocycles. The van der Waals surface area contributed by atoms with E-state index in [1.807, 2.05) is 11.8 Å². The van der Waals surface area contributed by atoms with Crippen LogP contribution in [0.5, 0.6) is 0 Å². The summed E-state index contributed by atoms with van der Waals surface area (Å²) in [4.78, 5) is 0. The molecule has 0 aromatic rings. The molecule has 0 radical (unpaired) electrons. The normalized spacial score (nSPS) is 10.0. The van der Waals surface area contributed by atoms with Gasteiger partial charge in [0, 0.05) is 11.1 Å². The van der Waals surface area contributed by atoms with E-state index in [2.05, 4.69) is 22.9 Å². The molecular weight excluding hydrogens is 196 g/mol. The van der Waals surface area contributed by atoms with E-state index in [-0.39, 0.29) is 0 Å². The summed E-state index contributed by atoms with van der Waals surface area (Å²) in [5.74, 6) is 2.61. The van der Waals surface area contributed by atoms with Crippen molar-refractivity contribution in [2.24, 2.45) is 0 Å². The van der Waals surface area contributed by atoms with Crippen LogP contribution in [0.1, 0.15) is 26.2 Å². The molecule has 0 amide bonds. The average molecular weight is 211 g/mol. The van der Waals surface area contributed by atoms with Crippen LogP contribution in [0, 0.1) is 0 Å². The first-order valence-corrected chi connectivity index (χ1v) is 5.83. The minimum atomic E-state index is 1.14. The van der Waals surface area contributed by atoms with Crippen LogP contribution in [0.25, 0.3) is 0 Å². The lowest BCUT2D eigenvalue weighted by Gasteiger charge is -1.95. The molecule has 0 atom stereocenters. The van der Waals surface area contributed by atoms with Gasteiger partial charge in [0.15, 0.2) is 0 Å². The fraction of sp³-hybridized carbons (Fsp3) is 1.00. The summed E-state index contributed by atoms with van der Waals surface area (Å²) in [6.07, 6.45) is 4.14. The summed E-state index contributed by atoms with van der Waals surface area (Å²) in [5.41, 5.74) is 0. The van der Waals surface area contributed by atoms with E-state index in [1.165, 1.54) is 30.8 Å². The van der Waals surface area contributed by atoms with Gasteiger partial charge in [-0.2, -0.15) is 11.8 Å². The van der Waals surface area contributed by atoms with Gasteiger partial charge in [-0.15, -0.1) is 0 Å². The quantitative estimate of drug-likeness (QED) is 0.479. The van der Waals surface area contributed by atoms with Gasteiger partial charge in [-0.25, -0.2) is 0 Å². The van der Waals surface area contributed by atoms with Gasteiger partial charge in [0.1, 0.15) is 0 Å². The Morgan fingerprint density at radius 1 is 1.22 bits per heavy atom. The van der Waals surface area contributed by atoms with Gasteiger partial charge < -0.3 is 0 Å². The van der Waals surface area contributed by atoms with E-state index < -0.39 is 0 Å². The number of hydrogen-bond donors (Lipinski definition) is 0. The molecule has 0 aromatic carbocycles. The third-order valence-electron chi connectivity index (χ3n) is 1.11. The van der Waals surface area contributed by atoms with E-state index in [0.717, 1.165) is 5.33 Å². The van der Waals surface area contributed by atoms with Crippen LogP contribution in [0.4, 0.5) is 0 Å². The fourth-order valence-electron chi connectivity index (χ4n) is 0.611. The first-order valence-electron chi connectivity index (χ1n) is 3.55. The van der Waals surface area contributed by atoms with Crippen molar-refractivity contribution < 1.29 is 0 Å². The molecule has 56 valence electrons. The van der Waals surface area contributed by atoms with Gasteiger partial charge in [-0.1, -0.05) is 35.7 Å². The van der Waals surface area contributed by atoms with Crippen LogP contribution in [0.2, 0.25) is 0 Å². The van der Waals surface area contributed by atoms with Crippen molar-refractivity contribution >= 4 is 27.7 Å². The zero-order valence-corrected chi connectivity index (χ0v) is 8.43. The summed E-state index contributed by atoms with van der Waals surface area (Å²) in [5, 5.41) is 1.14. The van der Waals surface area contributed by atoms with Crippen molar-refractivity contribution in [1.29, 1.82) is 0 Å². The molecule has 0 bridgehead atoms. The minimum Gasteiger partial charge on any atom is -0.161 e. The maximum absolute atomic E-state index is 3.40. The molecule has 0 aliphatic rings. The van der Waals surface area contributed by atoms with Crippen LogP contribution in [0.15, 0.2) is 0 Å². The second-order valence-corrected chi connectivity index (χ2v) is 4.03. The molecule has 0 rings (SSSR count). The highest BCUT2D eigenvalue weighted by atomic mass is 79.9. The van der Waals surface area contributed by atoms with Gasteiger partial charge in [0.05, 0.1) is 0 Å². The van der Waals surface area contributed by atoms with Crippen LogP contribution >= 0.6 is 27.7 Å². The molecule has 0 aliphatic carbocycles. The molecule has 0 saturated heterocycles. The Hall–Kier alpha value is 0.830. The highest BCUT2D eigenvalue weighted by molar-refractivity contribution is 9.09. The molecule has 0 fully saturated rings. The van der Waals surface area contributed by atoms with Crippen LogP contribution in [-0.2, 0) is 0 Å². The first kappa shape index (κ1) is 9.83. The Kier molecular flexibility index (Phi) is 9.64. The molecule has 0 nitrogen and oxygen atoms in total. The van der Waals surface area contributed by atoms with Gasteiger partial charge >= 0.3 is 0 Å². The van der Waals surface area contributed by atoms with Crippen LogP contribution in [-0.4, -0.2) is 16.8 Å². The van der Waals surface area contributed by atoms with Gasteiger partial charge in [0.2, 0.25) is 0 Å². The Morgan fingerprint density at radius 2 is 2.00 bits per heavy atom. The summed E-state index contributed by atoms with van der Waals surface area (Å²) < 4.78 is 0. The highest BCUT2D eigenvalue weighted by Gasteiger charge is 1.86. The van der Waals surface area contributed by atoms with E-state index >= 15 is 0 Å². The molecule has 0 heterocycles. The minimum absolute atomic E-state index is 1.14. The Bertz CT molecular complexity index is 42.2. The lowest BCUT2D eigenvalue weighted by molar-refractivity contribution is 0.779. The third kappa shape index (κ3) is 8.83. The number of rotatable bonds is 6. The predicted molar refractivity (Wildman–Crippen MR) is 50.6 cm³/mol. The lowest BCUT2D eigenvalue weighted by Crippen LogP contribution is -1.83. The Morgan fingerprint density at radius 3 is 2.56 bits per heavy atom. The van der Waals surface area contributed by atoms with Crippen molar-refractivity contribution in [3.63, 3.8) is 0 Å². The van der Waals surface area contributed by atoms with Crippen LogP contribution < -0.4 is 0 Å². The zero-order chi connectivity index (χ0) is 6.95. The number of alkyl halides is 1. The standard InChI is InChI=1S/C7H15BrS/c1-2-3-4-6-9-7-5-8/h2-7H2,1H3. The van der Waals surface area contributed by atoms with Gasteiger partial charge in [-0.3, -0.25) is 0 Å². The molecule has 9 heavy (non-hydrogen) atoms. The van der Waals surface area contributed by atoms with E-state index in [9.17, 15) is 0 Å². The Balaban J connectivity index is 2.60. The molecule has 0 spiro atoms. The lowest BCUT2D eigenvalue weighted by atomic mass is 10.3. The van der Waals surface area contributed by atoms with Crippen molar-refractivity contribution in [2.75, 3.05) is 16.8 Å². The van der Waals surface area contributed by atoms with Gasteiger partial charge in [0.25, 0.3) is 0 Å². The summed E-state index contributed by atoms with van der Waals surface area (Å²) in [7, 11) is 0. The maximum Gasteiger partial charge on any atom is 0.0122 e. The van der Waals surface area contributed by atoms with E-state index in [4.69, 9.17) is 0 Å². The second kappa shape index (κ2) is 8.83. The van der Waals surface area contributed by atoms with E-state index in [0.29, 0.717) is 0 Å².